The quantitative estimate of drug-likeness (QED) is 0.633. The molecule has 0 aromatic carbocycles. The molecule has 14 heavy (non-hydrogen) atoms. The Balaban J connectivity index is 2.43. The van der Waals surface area contributed by atoms with Gasteiger partial charge in [-0.15, -0.1) is 6.58 Å². The third-order valence-electron chi connectivity index (χ3n) is 3.27. The Morgan fingerprint density at radius 2 is 2.14 bits per heavy atom. The fraction of sp³-hybridized carbons (Fsp3) is 0.818. The molecule has 0 unspecified atom stereocenters. The summed E-state index contributed by atoms with van der Waals surface area (Å²) in [5.74, 6) is 0. The lowest BCUT2D eigenvalue weighted by molar-refractivity contribution is 0.147. The molecule has 1 aliphatic rings. The monoisotopic (exact) mass is 197 g/mol. The number of nitrogens with zero attached hydrogens (tertiary/aromatic N) is 1. The van der Waals surface area contributed by atoms with Gasteiger partial charge in [0.15, 0.2) is 0 Å². The molecule has 1 rings (SSSR count). The van der Waals surface area contributed by atoms with E-state index < -0.39 is 0 Å². The molecule has 0 radical (unpaired) electrons. The van der Waals surface area contributed by atoms with Gasteiger partial charge in [0.2, 0.25) is 0 Å². The summed E-state index contributed by atoms with van der Waals surface area (Å²) in [4.78, 5) is 2.48. The molecule has 0 bridgehead atoms. The first-order valence-electron chi connectivity index (χ1n) is 5.54. The Labute approximate surface area is 87.3 Å². The lowest BCUT2D eigenvalue weighted by Gasteiger charge is -2.41. The van der Waals surface area contributed by atoms with Gasteiger partial charge >= 0.3 is 0 Å². The number of hydrogen-bond acceptors (Lipinski definition) is 3. The second-order valence-electron chi connectivity index (χ2n) is 4.09. The number of hydrogen-bond donors (Lipinski definition) is 2. The first-order valence-corrected chi connectivity index (χ1v) is 5.54. The molecule has 1 heterocycles. The number of nitrogens with two attached hydrogens (primary N) is 1. The van der Waals surface area contributed by atoms with Crippen LogP contribution in [-0.4, -0.2) is 43.2 Å². The minimum Gasteiger partial charge on any atom is -0.329 e. The molecule has 1 aliphatic heterocycles. The fourth-order valence-corrected chi connectivity index (χ4v) is 2.04. The minimum absolute atomic E-state index is 0.167. The van der Waals surface area contributed by atoms with Gasteiger partial charge in [0.25, 0.3) is 0 Å². The summed E-state index contributed by atoms with van der Waals surface area (Å²) >= 11 is 0. The zero-order valence-electron chi connectivity index (χ0n) is 9.26. The number of likely N-dealkylation sites (tertiary alicyclic amines) is 1. The van der Waals surface area contributed by atoms with E-state index in [0.29, 0.717) is 0 Å². The van der Waals surface area contributed by atoms with Crippen molar-refractivity contribution in [3.8, 4) is 0 Å². The Bertz CT molecular complexity index is 171. The largest absolute Gasteiger partial charge is 0.329 e. The van der Waals surface area contributed by atoms with E-state index in [1.165, 1.54) is 0 Å². The number of rotatable bonds is 5. The van der Waals surface area contributed by atoms with Crippen molar-refractivity contribution in [2.75, 3.05) is 32.7 Å². The molecule has 0 saturated carbocycles. The smallest absolute Gasteiger partial charge is 0.0331 e. The van der Waals surface area contributed by atoms with Crippen molar-refractivity contribution in [2.45, 2.75) is 25.3 Å². The van der Waals surface area contributed by atoms with E-state index in [-0.39, 0.29) is 5.54 Å². The molecule has 0 spiro atoms. The maximum absolute atomic E-state index is 5.85. The maximum Gasteiger partial charge on any atom is 0.0331 e. The molecule has 82 valence electrons. The van der Waals surface area contributed by atoms with Gasteiger partial charge in [0, 0.05) is 18.6 Å². The fourth-order valence-electron chi connectivity index (χ4n) is 2.04. The highest BCUT2D eigenvalue weighted by molar-refractivity contribution is 4.95. The third kappa shape index (κ3) is 2.80. The zero-order chi connectivity index (χ0) is 10.4. The maximum atomic E-state index is 5.85. The molecule has 1 saturated heterocycles. The van der Waals surface area contributed by atoms with Crippen LogP contribution in [0.1, 0.15) is 19.8 Å². The highest BCUT2D eigenvalue weighted by atomic mass is 15.2. The summed E-state index contributed by atoms with van der Waals surface area (Å²) in [5, 5.41) is 3.51. The average Bonchev–Trinajstić information content (AvgIpc) is 2.27. The van der Waals surface area contributed by atoms with Gasteiger partial charge < -0.3 is 16.0 Å². The zero-order valence-corrected chi connectivity index (χ0v) is 9.26. The van der Waals surface area contributed by atoms with Crippen molar-refractivity contribution in [1.29, 1.82) is 0 Å². The number of nitrogens with one attached hydrogen (secondary N) is 1. The van der Waals surface area contributed by atoms with E-state index in [4.69, 9.17) is 5.73 Å². The topological polar surface area (TPSA) is 41.3 Å². The van der Waals surface area contributed by atoms with Gasteiger partial charge in [0.05, 0.1) is 0 Å². The molecule has 0 atom stereocenters. The third-order valence-corrected chi connectivity index (χ3v) is 3.27. The molecule has 1 fully saturated rings. The first kappa shape index (κ1) is 11.7. The van der Waals surface area contributed by atoms with E-state index in [9.17, 15) is 0 Å². The summed E-state index contributed by atoms with van der Waals surface area (Å²) < 4.78 is 0. The second kappa shape index (κ2) is 5.49. The van der Waals surface area contributed by atoms with E-state index in [1.807, 2.05) is 6.08 Å². The van der Waals surface area contributed by atoms with Crippen molar-refractivity contribution in [1.82, 2.24) is 10.2 Å². The Morgan fingerprint density at radius 3 is 2.57 bits per heavy atom. The standard InChI is InChI=1S/C11H23N3/c1-3-7-13-11(10-12)5-8-14(4-2)9-6-11/h3,13H,1,4-10,12H2,2H3. The van der Waals surface area contributed by atoms with Crippen LogP contribution in [0.15, 0.2) is 12.7 Å². The molecular weight excluding hydrogens is 174 g/mol. The van der Waals surface area contributed by atoms with Crippen LogP contribution < -0.4 is 11.1 Å². The highest BCUT2D eigenvalue weighted by Gasteiger charge is 2.31. The minimum atomic E-state index is 0.167. The van der Waals surface area contributed by atoms with E-state index in [1.54, 1.807) is 0 Å². The predicted molar refractivity (Wildman–Crippen MR) is 61.3 cm³/mol. The van der Waals surface area contributed by atoms with Crippen LogP contribution in [0.3, 0.4) is 0 Å². The molecule has 0 aliphatic carbocycles. The van der Waals surface area contributed by atoms with Gasteiger partial charge in [0.1, 0.15) is 0 Å². The SMILES string of the molecule is C=CCNC1(CN)CCN(CC)CC1. The van der Waals surface area contributed by atoms with E-state index in [2.05, 4.69) is 23.7 Å². The highest BCUT2D eigenvalue weighted by Crippen LogP contribution is 2.20. The molecule has 3 nitrogen and oxygen atoms in total. The summed E-state index contributed by atoms with van der Waals surface area (Å²) in [6, 6.07) is 0. The van der Waals surface area contributed by atoms with Crippen molar-refractivity contribution in [3.05, 3.63) is 12.7 Å². The van der Waals surface area contributed by atoms with Crippen molar-refractivity contribution in [3.63, 3.8) is 0 Å². The van der Waals surface area contributed by atoms with Gasteiger partial charge in [-0.05, 0) is 32.5 Å². The Morgan fingerprint density at radius 1 is 1.50 bits per heavy atom. The molecule has 3 heteroatoms. The van der Waals surface area contributed by atoms with Crippen LogP contribution in [-0.2, 0) is 0 Å². The summed E-state index contributed by atoms with van der Waals surface area (Å²) in [6.45, 7) is 11.0. The molecule has 0 aromatic rings. The predicted octanol–water partition coefficient (Wildman–Crippen LogP) is 0.575. The molecule has 0 aromatic heterocycles. The van der Waals surface area contributed by atoms with Gasteiger partial charge in [-0.3, -0.25) is 0 Å². The van der Waals surface area contributed by atoms with Crippen molar-refractivity contribution < 1.29 is 0 Å². The Kier molecular flexibility index (Phi) is 4.58. The lowest BCUT2D eigenvalue weighted by Crippen LogP contribution is -2.57. The van der Waals surface area contributed by atoms with Crippen LogP contribution in [0, 0.1) is 0 Å². The lowest BCUT2D eigenvalue weighted by atomic mass is 9.87. The van der Waals surface area contributed by atoms with Crippen LogP contribution in [0.4, 0.5) is 0 Å². The van der Waals surface area contributed by atoms with E-state index in [0.717, 1.165) is 45.6 Å². The van der Waals surface area contributed by atoms with Crippen molar-refractivity contribution >= 4 is 0 Å². The van der Waals surface area contributed by atoms with Gasteiger partial charge in [-0.1, -0.05) is 13.0 Å². The normalized spacial score (nSPS) is 22.1. The molecular formula is C11H23N3. The summed E-state index contributed by atoms with van der Waals surface area (Å²) in [7, 11) is 0. The van der Waals surface area contributed by atoms with Crippen LogP contribution >= 0.6 is 0 Å². The molecule has 0 amide bonds. The van der Waals surface area contributed by atoms with E-state index >= 15 is 0 Å². The first-order chi connectivity index (χ1) is 6.76. The van der Waals surface area contributed by atoms with Crippen LogP contribution in [0.5, 0.6) is 0 Å². The van der Waals surface area contributed by atoms with Crippen molar-refractivity contribution in [2.24, 2.45) is 5.73 Å². The van der Waals surface area contributed by atoms with Gasteiger partial charge in [-0.25, -0.2) is 0 Å². The number of piperidine rings is 1. The van der Waals surface area contributed by atoms with Gasteiger partial charge in [-0.2, -0.15) is 0 Å². The van der Waals surface area contributed by atoms with Crippen LogP contribution in [0.25, 0.3) is 0 Å². The summed E-state index contributed by atoms with van der Waals surface area (Å²) in [5.41, 5.74) is 6.02. The second-order valence-corrected chi connectivity index (χ2v) is 4.09. The molecule has 3 N–H and O–H groups in total. The Hall–Kier alpha value is -0.380. The van der Waals surface area contributed by atoms with Crippen LogP contribution in [0.2, 0.25) is 0 Å². The average molecular weight is 197 g/mol. The summed E-state index contributed by atoms with van der Waals surface area (Å²) in [6.07, 6.45) is 4.22.